The zero-order chi connectivity index (χ0) is 13.5. The number of hydrogen-bond acceptors (Lipinski definition) is 3. The fourth-order valence-electron chi connectivity index (χ4n) is 1.82. The van der Waals surface area contributed by atoms with Gasteiger partial charge in [-0.05, 0) is 36.6 Å². The highest BCUT2D eigenvalue weighted by atomic mass is 16.1. The summed E-state index contributed by atoms with van der Waals surface area (Å²) in [6.07, 6.45) is 6.30. The number of amides is 1. The van der Waals surface area contributed by atoms with Gasteiger partial charge >= 0.3 is 0 Å². The largest absolute Gasteiger partial charge is 0.305 e. The number of unbranched alkanes of at least 4 members (excludes halogenated alkanes) is 1. The number of aryl methyl sites for hydroxylation is 1. The quantitative estimate of drug-likeness (QED) is 0.893. The van der Waals surface area contributed by atoms with E-state index in [1.807, 2.05) is 24.3 Å². The molecular formula is C15H17N3O. The number of hydrogen-bond donors (Lipinski definition) is 1. The highest BCUT2D eigenvalue weighted by molar-refractivity contribution is 6.03. The molecule has 19 heavy (non-hydrogen) atoms. The summed E-state index contributed by atoms with van der Waals surface area (Å²) in [7, 11) is 0. The fraction of sp³-hybridized carbons (Fsp3) is 0.267. The Morgan fingerprint density at radius 2 is 2.00 bits per heavy atom. The molecule has 1 amide bonds. The monoisotopic (exact) mass is 255 g/mol. The molecule has 0 saturated carbocycles. The highest BCUT2D eigenvalue weighted by Gasteiger charge is 2.12. The number of carbonyl (C=O) groups excluding carboxylic acids is 1. The van der Waals surface area contributed by atoms with E-state index in [-0.39, 0.29) is 5.91 Å². The van der Waals surface area contributed by atoms with Gasteiger partial charge in [0.1, 0.15) is 11.5 Å². The van der Waals surface area contributed by atoms with Gasteiger partial charge < -0.3 is 5.32 Å². The molecule has 0 unspecified atom stereocenters. The molecule has 98 valence electrons. The SMILES string of the molecule is CCCCc1cccnc1C(=O)Nc1ccccn1. The molecule has 0 saturated heterocycles. The van der Waals surface area contributed by atoms with Crippen LogP contribution in [-0.2, 0) is 6.42 Å². The molecule has 0 atom stereocenters. The number of rotatable bonds is 5. The maximum atomic E-state index is 12.2. The first-order valence-electron chi connectivity index (χ1n) is 6.47. The summed E-state index contributed by atoms with van der Waals surface area (Å²) in [6, 6.07) is 9.22. The molecule has 0 fully saturated rings. The van der Waals surface area contributed by atoms with Gasteiger partial charge in [0, 0.05) is 12.4 Å². The molecule has 0 radical (unpaired) electrons. The number of anilines is 1. The molecule has 0 aromatic carbocycles. The topological polar surface area (TPSA) is 54.9 Å². The lowest BCUT2D eigenvalue weighted by Crippen LogP contribution is -2.16. The number of aromatic nitrogens is 2. The summed E-state index contributed by atoms with van der Waals surface area (Å²) in [5.74, 6) is 0.338. The van der Waals surface area contributed by atoms with E-state index in [0.717, 1.165) is 24.8 Å². The molecule has 0 aliphatic heterocycles. The van der Waals surface area contributed by atoms with Gasteiger partial charge in [-0.15, -0.1) is 0 Å². The van der Waals surface area contributed by atoms with Crippen LogP contribution in [0.3, 0.4) is 0 Å². The molecule has 0 bridgehead atoms. The predicted octanol–water partition coefficient (Wildman–Crippen LogP) is 3.07. The zero-order valence-corrected chi connectivity index (χ0v) is 11.0. The van der Waals surface area contributed by atoms with E-state index in [4.69, 9.17) is 0 Å². The van der Waals surface area contributed by atoms with Gasteiger partial charge in [-0.25, -0.2) is 4.98 Å². The van der Waals surface area contributed by atoms with Crippen molar-refractivity contribution in [2.24, 2.45) is 0 Å². The molecule has 2 aromatic heterocycles. The Morgan fingerprint density at radius 3 is 2.74 bits per heavy atom. The maximum Gasteiger partial charge on any atom is 0.275 e. The van der Waals surface area contributed by atoms with Gasteiger partial charge in [-0.1, -0.05) is 25.5 Å². The van der Waals surface area contributed by atoms with E-state index in [9.17, 15) is 4.79 Å². The molecule has 4 nitrogen and oxygen atoms in total. The number of carbonyl (C=O) groups is 1. The molecule has 2 heterocycles. The van der Waals surface area contributed by atoms with Crippen molar-refractivity contribution in [1.82, 2.24) is 9.97 Å². The lowest BCUT2D eigenvalue weighted by Gasteiger charge is -2.08. The van der Waals surface area contributed by atoms with Gasteiger partial charge in [0.2, 0.25) is 0 Å². The van der Waals surface area contributed by atoms with E-state index in [0.29, 0.717) is 11.5 Å². The second-order valence-electron chi connectivity index (χ2n) is 4.28. The van der Waals surface area contributed by atoms with E-state index in [1.54, 1.807) is 18.5 Å². The number of pyridine rings is 2. The van der Waals surface area contributed by atoms with E-state index < -0.39 is 0 Å². The minimum atomic E-state index is -0.203. The Morgan fingerprint density at radius 1 is 1.16 bits per heavy atom. The normalized spacial score (nSPS) is 10.2. The molecular weight excluding hydrogens is 238 g/mol. The van der Waals surface area contributed by atoms with Crippen molar-refractivity contribution in [2.75, 3.05) is 5.32 Å². The van der Waals surface area contributed by atoms with Crippen LogP contribution < -0.4 is 5.32 Å². The summed E-state index contributed by atoms with van der Waals surface area (Å²) in [4.78, 5) is 20.4. The number of nitrogens with zero attached hydrogens (tertiary/aromatic N) is 2. The van der Waals surface area contributed by atoms with Crippen molar-refractivity contribution >= 4 is 11.7 Å². The van der Waals surface area contributed by atoms with Gasteiger partial charge in [0.25, 0.3) is 5.91 Å². The average Bonchev–Trinajstić information content (AvgIpc) is 2.46. The third-order valence-electron chi connectivity index (χ3n) is 2.81. The second-order valence-corrected chi connectivity index (χ2v) is 4.28. The van der Waals surface area contributed by atoms with Gasteiger partial charge in [-0.2, -0.15) is 0 Å². The van der Waals surface area contributed by atoms with Crippen LogP contribution in [0.5, 0.6) is 0 Å². The van der Waals surface area contributed by atoms with Gasteiger partial charge in [-0.3, -0.25) is 9.78 Å². The minimum Gasteiger partial charge on any atom is -0.305 e. The van der Waals surface area contributed by atoms with Crippen LogP contribution in [0.25, 0.3) is 0 Å². The Bertz CT molecular complexity index is 540. The Labute approximate surface area is 112 Å². The molecule has 2 aromatic rings. The Hall–Kier alpha value is -2.23. The molecule has 4 heteroatoms. The van der Waals surface area contributed by atoms with Crippen LogP contribution in [0, 0.1) is 0 Å². The fourth-order valence-corrected chi connectivity index (χ4v) is 1.82. The summed E-state index contributed by atoms with van der Waals surface area (Å²) in [5.41, 5.74) is 1.47. The van der Waals surface area contributed by atoms with E-state index >= 15 is 0 Å². The van der Waals surface area contributed by atoms with Crippen LogP contribution in [0.1, 0.15) is 35.8 Å². The van der Waals surface area contributed by atoms with Crippen LogP contribution in [-0.4, -0.2) is 15.9 Å². The first kappa shape index (κ1) is 13.2. The van der Waals surface area contributed by atoms with Crippen molar-refractivity contribution in [1.29, 1.82) is 0 Å². The molecule has 0 aliphatic carbocycles. The average molecular weight is 255 g/mol. The van der Waals surface area contributed by atoms with Crippen molar-refractivity contribution in [3.63, 3.8) is 0 Å². The third-order valence-corrected chi connectivity index (χ3v) is 2.81. The molecule has 0 aliphatic rings. The zero-order valence-electron chi connectivity index (χ0n) is 11.0. The first-order chi connectivity index (χ1) is 9.31. The van der Waals surface area contributed by atoms with Gasteiger partial charge in [0.15, 0.2) is 0 Å². The van der Waals surface area contributed by atoms with Crippen molar-refractivity contribution in [3.8, 4) is 0 Å². The Balaban J connectivity index is 2.14. The second kappa shape index (κ2) is 6.64. The first-order valence-corrected chi connectivity index (χ1v) is 6.47. The van der Waals surface area contributed by atoms with Gasteiger partial charge in [0.05, 0.1) is 0 Å². The minimum absolute atomic E-state index is 0.203. The lowest BCUT2D eigenvalue weighted by atomic mass is 10.1. The van der Waals surface area contributed by atoms with Crippen molar-refractivity contribution in [2.45, 2.75) is 26.2 Å². The van der Waals surface area contributed by atoms with Crippen LogP contribution in [0.15, 0.2) is 42.7 Å². The molecule has 2 rings (SSSR count). The summed E-state index contributed by atoms with van der Waals surface area (Å²) < 4.78 is 0. The molecule has 0 spiro atoms. The molecule has 1 N–H and O–H groups in total. The number of nitrogens with one attached hydrogen (secondary N) is 1. The van der Waals surface area contributed by atoms with E-state index in [2.05, 4.69) is 22.2 Å². The van der Waals surface area contributed by atoms with Crippen molar-refractivity contribution in [3.05, 3.63) is 54.0 Å². The smallest absolute Gasteiger partial charge is 0.275 e. The van der Waals surface area contributed by atoms with Crippen LogP contribution >= 0.6 is 0 Å². The summed E-state index contributed by atoms with van der Waals surface area (Å²) in [6.45, 7) is 2.13. The maximum absolute atomic E-state index is 12.2. The van der Waals surface area contributed by atoms with Crippen LogP contribution in [0.2, 0.25) is 0 Å². The third kappa shape index (κ3) is 3.61. The van der Waals surface area contributed by atoms with Crippen LogP contribution in [0.4, 0.5) is 5.82 Å². The summed E-state index contributed by atoms with van der Waals surface area (Å²) in [5, 5.41) is 2.76. The Kier molecular flexibility index (Phi) is 4.61. The van der Waals surface area contributed by atoms with Crippen molar-refractivity contribution < 1.29 is 4.79 Å². The highest BCUT2D eigenvalue weighted by Crippen LogP contribution is 2.11. The summed E-state index contributed by atoms with van der Waals surface area (Å²) >= 11 is 0. The lowest BCUT2D eigenvalue weighted by molar-refractivity contribution is 0.102. The van der Waals surface area contributed by atoms with E-state index in [1.165, 1.54) is 0 Å². The predicted molar refractivity (Wildman–Crippen MR) is 75.0 cm³/mol. The standard InChI is InChI=1S/C15H17N3O/c1-2-3-7-12-8-6-11-17-14(12)15(19)18-13-9-4-5-10-16-13/h4-6,8-11H,2-3,7H2,1H3,(H,16,18,19).